The van der Waals surface area contributed by atoms with E-state index in [1.807, 2.05) is 14.0 Å². The number of hydrogen-bond donors (Lipinski definition) is 1. The van der Waals surface area contributed by atoms with Gasteiger partial charge in [0.25, 0.3) is 0 Å². The molecule has 1 N–H and O–H groups in total. The first-order valence-corrected chi connectivity index (χ1v) is 7.69. The maximum absolute atomic E-state index is 12.5. The van der Waals surface area contributed by atoms with Crippen LogP contribution >= 0.6 is 0 Å². The lowest BCUT2D eigenvalue weighted by molar-refractivity contribution is -0.137. The lowest BCUT2D eigenvalue weighted by Gasteiger charge is -2.36. The summed E-state index contributed by atoms with van der Waals surface area (Å²) in [7, 11) is -1.67. The van der Waals surface area contributed by atoms with Crippen LogP contribution in [0.1, 0.15) is 6.92 Å². The molecular weight excluding hydrogens is 284 g/mol. The van der Waals surface area contributed by atoms with E-state index in [2.05, 4.69) is 10.00 Å². The molecule has 112 valence electrons. The van der Waals surface area contributed by atoms with Gasteiger partial charge in [0.1, 0.15) is 11.4 Å². The summed E-state index contributed by atoms with van der Waals surface area (Å²) in [6.07, 6.45) is 2.46. The van der Waals surface area contributed by atoms with Crippen molar-refractivity contribution in [2.45, 2.75) is 24.4 Å². The average molecular weight is 302 g/mol. The van der Waals surface area contributed by atoms with Gasteiger partial charge in [-0.05, 0) is 14.0 Å². The van der Waals surface area contributed by atoms with Crippen LogP contribution in [0.4, 0.5) is 0 Å². The molecule has 0 amide bonds. The third kappa shape index (κ3) is 3.00. The molecule has 1 aromatic rings. The van der Waals surface area contributed by atoms with Gasteiger partial charge in [0.05, 0.1) is 6.20 Å². The lowest BCUT2D eigenvalue weighted by Crippen LogP contribution is -2.52. The van der Waals surface area contributed by atoms with Crippen molar-refractivity contribution in [2.75, 3.05) is 26.7 Å². The van der Waals surface area contributed by atoms with Crippen LogP contribution in [0.25, 0.3) is 0 Å². The van der Waals surface area contributed by atoms with Gasteiger partial charge < -0.3 is 10.0 Å². The molecule has 0 spiro atoms. The number of carboxylic acid groups (broad SMARTS) is 1. The largest absolute Gasteiger partial charge is 0.480 e. The number of hydrogen-bond acceptors (Lipinski definition) is 5. The number of likely N-dealkylation sites (N-methyl/N-ethyl adjacent to an activating group) is 1. The van der Waals surface area contributed by atoms with E-state index in [0.717, 1.165) is 4.68 Å². The van der Waals surface area contributed by atoms with E-state index in [1.165, 1.54) is 16.7 Å². The second kappa shape index (κ2) is 5.51. The van der Waals surface area contributed by atoms with Gasteiger partial charge in [-0.25, -0.2) is 8.42 Å². The van der Waals surface area contributed by atoms with E-state index in [1.54, 1.807) is 0 Å². The Labute approximate surface area is 117 Å². The standard InChI is InChI=1S/C11H18N4O4S/c1-9-6-13(2)3-4-15(9)20(18,19)10-5-12-14(7-10)8-11(16)17/h5,7,9H,3-4,6,8H2,1-2H3,(H,16,17). The number of nitrogens with zero attached hydrogens (tertiary/aromatic N) is 4. The van der Waals surface area contributed by atoms with Crippen molar-refractivity contribution in [1.29, 1.82) is 0 Å². The molecule has 20 heavy (non-hydrogen) atoms. The van der Waals surface area contributed by atoms with Crippen LogP contribution in [0.5, 0.6) is 0 Å². The SMILES string of the molecule is CC1CN(C)CCN1S(=O)(=O)c1cnn(CC(=O)O)c1. The molecule has 8 nitrogen and oxygen atoms in total. The average Bonchev–Trinajstić information content (AvgIpc) is 2.76. The summed E-state index contributed by atoms with van der Waals surface area (Å²) in [5.41, 5.74) is 0. The molecule has 9 heteroatoms. The smallest absolute Gasteiger partial charge is 0.325 e. The predicted molar refractivity (Wildman–Crippen MR) is 70.7 cm³/mol. The summed E-state index contributed by atoms with van der Waals surface area (Å²) in [6.45, 7) is 3.27. The minimum Gasteiger partial charge on any atom is -0.480 e. The van der Waals surface area contributed by atoms with E-state index < -0.39 is 16.0 Å². The summed E-state index contributed by atoms with van der Waals surface area (Å²) in [4.78, 5) is 12.7. The molecule has 1 aliphatic heterocycles. The molecule has 0 aromatic carbocycles. The fourth-order valence-corrected chi connectivity index (χ4v) is 3.89. The first-order valence-electron chi connectivity index (χ1n) is 6.25. The summed E-state index contributed by atoms with van der Waals surface area (Å²) < 4.78 is 27.6. The Morgan fingerprint density at radius 3 is 2.80 bits per heavy atom. The fraction of sp³-hybridized carbons (Fsp3) is 0.636. The van der Waals surface area contributed by atoms with Gasteiger partial charge in [-0.15, -0.1) is 0 Å². The number of carbonyl (C=O) groups is 1. The fourth-order valence-electron chi connectivity index (χ4n) is 2.32. The molecule has 0 aliphatic carbocycles. The van der Waals surface area contributed by atoms with Crippen LogP contribution in [0.2, 0.25) is 0 Å². The van der Waals surface area contributed by atoms with E-state index in [0.29, 0.717) is 19.6 Å². The van der Waals surface area contributed by atoms with Crippen LogP contribution in [0, 0.1) is 0 Å². The molecule has 1 atom stereocenters. The van der Waals surface area contributed by atoms with Gasteiger partial charge in [-0.2, -0.15) is 9.40 Å². The van der Waals surface area contributed by atoms with Crippen molar-refractivity contribution in [1.82, 2.24) is 19.0 Å². The first-order chi connectivity index (χ1) is 9.30. The molecule has 1 unspecified atom stereocenters. The Balaban J connectivity index is 2.21. The Kier molecular flexibility index (Phi) is 4.11. The molecular formula is C11H18N4O4S. The molecule has 0 radical (unpaired) electrons. The van der Waals surface area contributed by atoms with Crippen molar-refractivity contribution in [3.05, 3.63) is 12.4 Å². The van der Waals surface area contributed by atoms with Crippen molar-refractivity contribution < 1.29 is 18.3 Å². The monoisotopic (exact) mass is 302 g/mol. The quantitative estimate of drug-likeness (QED) is 0.789. The maximum Gasteiger partial charge on any atom is 0.325 e. The van der Waals surface area contributed by atoms with Crippen LogP contribution < -0.4 is 0 Å². The Hall–Kier alpha value is -1.45. The molecule has 1 saturated heterocycles. The normalized spacial score (nSPS) is 22.0. The summed E-state index contributed by atoms with van der Waals surface area (Å²) in [5.74, 6) is -1.06. The summed E-state index contributed by atoms with van der Waals surface area (Å²) in [6, 6.07) is -0.124. The van der Waals surface area contributed by atoms with Gasteiger partial charge in [-0.1, -0.05) is 0 Å². The minimum atomic E-state index is -3.62. The van der Waals surface area contributed by atoms with E-state index in [-0.39, 0.29) is 17.5 Å². The Morgan fingerprint density at radius 2 is 2.20 bits per heavy atom. The van der Waals surface area contributed by atoms with Gasteiger partial charge in [0, 0.05) is 31.9 Å². The van der Waals surface area contributed by atoms with Crippen molar-refractivity contribution in [3.63, 3.8) is 0 Å². The summed E-state index contributed by atoms with van der Waals surface area (Å²) >= 11 is 0. The minimum absolute atomic E-state index is 0.0372. The lowest BCUT2D eigenvalue weighted by atomic mass is 10.2. The predicted octanol–water partition coefficient (Wildman–Crippen LogP) is -0.708. The van der Waals surface area contributed by atoms with Crippen molar-refractivity contribution in [3.8, 4) is 0 Å². The van der Waals surface area contributed by atoms with Gasteiger partial charge in [-0.3, -0.25) is 9.48 Å². The van der Waals surface area contributed by atoms with E-state index >= 15 is 0 Å². The van der Waals surface area contributed by atoms with Gasteiger partial charge in [0.2, 0.25) is 10.0 Å². The molecule has 1 aliphatic rings. The molecule has 0 saturated carbocycles. The third-order valence-electron chi connectivity index (χ3n) is 3.28. The molecule has 1 fully saturated rings. The number of aliphatic carboxylic acids is 1. The van der Waals surface area contributed by atoms with Gasteiger partial charge in [0.15, 0.2) is 0 Å². The second-order valence-corrected chi connectivity index (χ2v) is 6.88. The number of sulfonamides is 1. The van der Waals surface area contributed by atoms with Crippen LogP contribution in [0.3, 0.4) is 0 Å². The van der Waals surface area contributed by atoms with Crippen LogP contribution in [-0.4, -0.2) is 71.2 Å². The van der Waals surface area contributed by atoms with Gasteiger partial charge >= 0.3 is 5.97 Å². The number of carboxylic acids is 1. The number of rotatable bonds is 4. The summed E-state index contributed by atoms with van der Waals surface area (Å²) in [5, 5.41) is 12.4. The van der Waals surface area contributed by atoms with Crippen molar-refractivity contribution in [2.24, 2.45) is 0 Å². The molecule has 0 bridgehead atoms. The van der Waals surface area contributed by atoms with Crippen molar-refractivity contribution >= 4 is 16.0 Å². The highest BCUT2D eigenvalue weighted by Gasteiger charge is 2.33. The highest BCUT2D eigenvalue weighted by molar-refractivity contribution is 7.89. The Morgan fingerprint density at radius 1 is 1.50 bits per heavy atom. The zero-order chi connectivity index (χ0) is 14.9. The first kappa shape index (κ1) is 14.9. The van der Waals surface area contributed by atoms with E-state index in [9.17, 15) is 13.2 Å². The zero-order valence-corrected chi connectivity index (χ0v) is 12.2. The third-order valence-corrected chi connectivity index (χ3v) is 5.25. The molecule has 2 rings (SSSR count). The highest BCUT2D eigenvalue weighted by Crippen LogP contribution is 2.20. The zero-order valence-electron chi connectivity index (χ0n) is 11.4. The highest BCUT2D eigenvalue weighted by atomic mass is 32.2. The number of aromatic nitrogens is 2. The second-order valence-electron chi connectivity index (χ2n) is 4.99. The maximum atomic E-state index is 12.5. The number of piperazine rings is 1. The molecule has 2 heterocycles. The topological polar surface area (TPSA) is 95.7 Å². The van der Waals surface area contributed by atoms with E-state index in [4.69, 9.17) is 5.11 Å². The van der Waals surface area contributed by atoms with Crippen LogP contribution in [-0.2, 0) is 21.4 Å². The molecule has 1 aromatic heterocycles. The van der Waals surface area contributed by atoms with Crippen LogP contribution in [0.15, 0.2) is 17.3 Å². The Bertz CT molecular complexity index is 597.